The van der Waals surface area contributed by atoms with E-state index in [0.29, 0.717) is 43.2 Å². The molecule has 2 aliphatic heterocycles. The van der Waals surface area contributed by atoms with Gasteiger partial charge in [-0.15, -0.1) is 11.3 Å². The van der Waals surface area contributed by atoms with Crippen LogP contribution in [0.1, 0.15) is 46.6 Å². The molecule has 2 N–H and O–H groups in total. The number of likely N-dealkylation sites (tertiary alicyclic amines) is 1. The van der Waals surface area contributed by atoms with E-state index in [0.717, 1.165) is 10.4 Å². The molecule has 4 unspecified atom stereocenters. The number of thiophene rings is 1. The van der Waals surface area contributed by atoms with Gasteiger partial charge in [-0.2, -0.15) is 0 Å². The fraction of sp³-hybridized carbons (Fsp3) is 0.406. The first-order valence-electron chi connectivity index (χ1n) is 14.3. The average Bonchev–Trinajstić information content (AvgIpc) is 3.67. The van der Waals surface area contributed by atoms with Gasteiger partial charge >= 0.3 is 6.03 Å². The Morgan fingerprint density at radius 1 is 0.929 bits per heavy atom. The SMILES string of the molecule is COc1ccc(C(=O)C2C(c3ccc(OC)cc3)C(C(=O)N3CCNCC3)N(C(=O)NC(C)C)C2c2cccs2)cc1. The highest BCUT2D eigenvalue weighted by atomic mass is 32.1. The minimum absolute atomic E-state index is 0.130. The number of ketones is 1. The van der Waals surface area contributed by atoms with Crippen molar-refractivity contribution in [3.05, 3.63) is 82.0 Å². The number of ether oxygens (including phenoxy) is 2. The Labute approximate surface area is 250 Å². The molecule has 3 aromatic rings. The highest BCUT2D eigenvalue weighted by Crippen LogP contribution is 2.52. The summed E-state index contributed by atoms with van der Waals surface area (Å²) < 4.78 is 10.7. The summed E-state index contributed by atoms with van der Waals surface area (Å²) in [5.41, 5.74) is 1.30. The van der Waals surface area contributed by atoms with Crippen molar-refractivity contribution >= 4 is 29.1 Å². The normalized spacial score (nSPS) is 22.2. The molecule has 0 saturated carbocycles. The Balaban J connectivity index is 1.72. The lowest BCUT2D eigenvalue weighted by molar-refractivity contribution is -0.136. The van der Waals surface area contributed by atoms with Crippen molar-refractivity contribution in [3.8, 4) is 11.5 Å². The zero-order chi connectivity index (χ0) is 29.8. The highest BCUT2D eigenvalue weighted by molar-refractivity contribution is 7.10. The van der Waals surface area contributed by atoms with Crippen LogP contribution < -0.4 is 20.1 Å². The number of benzene rings is 2. The van der Waals surface area contributed by atoms with Crippen LogP contribution in [0.25, 0.3) is 0 Å². The first-order chi connectivity index (χ1) is 20.3. The van der Waals surface area contributed by atoms with Crippen molar-refractivity contribution in [3.63, 3.8) is 0 Å². The molecule has 0 aliphatic carbocycles. The van der Waals surface area contributed by atoms with Gasteiger partial charge < -0.3 is 29.9 Å². The van der Waals surface area contributed by atoms with E-state index in [1.807, 2.05) is 60.5 Å². The van der Waals surface area contributed by atoms with Crippen molar-refractivity contribution in [2.45, 2.75) is 37.9 Å². The number of Topliss-reactive ketones (excluding diaryl/α,β-unsaturated/α-hetero) is 1. The lowest BCUT2D eigenvalue weighted by Gasteiger charge is -2.36. The van der Waals surface area contributed by atoms with Crippen LogP contribution in [0.5, 0.6) is 11.5 Å². The zero-order valence-electron chi connectivity index (χ0n) is 24.4. The molecule has 0 radical (unpaired) electrons. The first kappa shape index (κ1) is 29.6. The summed E-state index contributed by atoms with van der Waals surface area (Å²) >= 11 is 1.49. The molecule has 222 valence electrons. The molecule has 2 aromatic carbocycles. The molecule has 3 amide bonds. The van der Waals surface area contributed by atoms with Crippen LogP contribution in [-0.2, 0) is 4.79 Å². The molecule has 9 nitrogen and oxygen atoms in total. The van der Waals surface area contributed by atoms with E-state index in [2.05, 4.69) is 10.6 Å². The number of carbonyl (C=O) groups excluding carboxylic acids is 3. The van der Waals surface area contributed by atoms with E-state index in [9.17, 15) is 14.4 Å². The summed E-state index contributed by atoms with van der Waals surface area (Å²) in [5, 5.41) is 8.27. The topological polar surface area (TPSA) is 100 Å². The summed E-state index contributed by atoms with van der Waals surface area (Å²) in [5.74, 6) is -0.288. The zero-order valence-corrected chi connectivity index (χ0v) is 25.2. The molecule has 2 aliphatic rings. The Hall–Kier alpha value is -3.89. The highest BCUT2D eigenvalue weighted by Gasteiger charge is 2.58. The number of rotatable bonds is 8. The van der Waals surface area contributed by atoms with Crippen molar-refractivity contribution < 1.29 is 23.9 Å². The predicted molar refractivity (Wildman–Crippen MR) is 162 cm³/mol. The summed E-state index contributed by atoms with van der Waals surface area (Å²) in [6.45, 7) is 6.19. The lowest BCUT2D eigenvalue weighted by Crippen LogP contribution is -2.56. The summed E-state index contributed by atoms with van der Waals surface area (Å²) in [4.78, 5) is 47.6. The Bertz CT molecular complexity index is 1370. The van der Waals surface area contributed by atoms with Gasteiger partial charge in [0.25, 0.3) is 0 Å². The molecule has 2 fully saturated rings. The minimum Gasteiger partial charge on any atom is -0.497 e. The molecular weight excluding hydrogens is 552 g/mol. The molecule has 2 saturated heterocycles. The van der Waals surface area contributed by atoms with E-state index < -0.39 is 23.9 Å². The number of carbonyl (C=O) groups is 3. The van der Waals surface area contributed by atoms with Crippen molar-refractivity contribution in [2.75, 3.05) is 40.4 Å². The standard InChI is InChI=1S/C32H38N4O5S/c1-20(2)34-32(39)36-28(25-6-5-19-42-25)27(30(37)22-9-13-24(41-4)14-10-22)26(21-7-11-23(40-3)12-8-21)29(36)31(38)35-17-15-33-16-18-35/h5-14,19-20,26-29,33H,15-18H2,1-4H3,(H,34,39). The van der Waals surface area contributed by atoms with Crippen LogP contribution in [0.3, 0.4) is 0 Å². The monoisotopic (exact) mass is 590 g/mol. The number of amides is 3. The van der Waals surface area contributed by atoms with Gasteiger partial charge in [-0.1, -0.05) is 18.2 Å². The third-order valence-corrected chi connectivity index (χ3v) is 8.95. The second kappa shape index (κ2) is 13.0. The van der Waals surface area contributed by atoms with Crippen LogP contribution in [0.4, 0.5) is 4.79 Å². The Morgan fingerprint density at radius 2 is 1.55 bits per heavy atom. The van der Waals surface area contributed by atoms with E-state index in [-0.39, 0.29) is 23.8 Å². The molecule has 0 bridgehead atoms. The first-order valence-corrected chi connectivity index (χ1v) is 15.2. The maximum absolute atomic E-state index is 14.6. The smallest absolute Gasteiger partial charge is 0.318 e. The van der Waals surface area contributed by atoms with Crippen LogP contribution >= 0.6 is 11.3 Å². The second-order valence-electron chi connectivity index (χ2n) is 10.9. The lowest BCUT2D eigenvalue weighted by atomic mass is 9.77. The number of hydrogen-bond acceptors (Lipinski definition) is 7. The van der Waals surface area contributed by atoms with Gasteiger partial charge in [-0.3, -0.25) is 9.59 Å². The largest absolute Gasteiger partial charge is 0.497 e. The third kappa shape index (κ3) is 5.87. The van der Waals surface area contributed by atoms with E-state index in [1.165, 1.54) is 11.3 Å². The molecule has 42 heavy (non-hydrogen) atoms. The molecule has 10 heteroatoms. The van der Waals surface area contributed by atoms with Crippen molar-refractivity contribution in [1.82, 2.24) is 20.4 Å². The number of nitrogens with one attached hydrogen (secondary N) is 2. The molecular formula is C32H38N4O5S. The van der Waals surface area contributed by atoms with Crippen LogP contribution in [0.15, 0.2) is 66.0 Å². The second-order valence-corrected chi connectivity index (χ2v) is 11.9. The van der Waals surface area contributed by atoms with Crippen molar-refractivity contribution in [1.29, 1.82) is 0 Å². The summed E-state index contributed by atoms with van der Waals surface area (Å²) in [6, 6.07) is 16.3. The Morgan fingerprint density at radius 3 is 2.10 bits per heavy atom. The van der Waals surface area contributed by atoms with Gasteiger partial charge in [-0.25, -0.2) is 4.79 Å². The maximum Gasteiger partial charge on any atom is 0.318 e. The maximum atomic E-state index is 14.6. The predicted octanol–water partition coefficient (Wildman–Crippen LogP) is 4.32. The van der Waals surface area contributed by atoms with Crippen LogP contribution in [0.2, 0.25) is 0 Å². The van der Waals surface area contributed by atoms with E-state index in [1.54, 1.807) is 43.4 Å². The average molecular weight is 591 g/mol. The number of urea groups is 1. The molecule has 5 rings (SSSR count). The fourth-order valence-corrected chi connectivity index (χ4v) is 6.95. The van der Waals surface area contributed by atoms with E-state index >= 15 is 0 Å². The Kier molecular flexibility index (Phi) is 9.13. The quantitative estimate of drug-likeness (QED) is 0.379. The number of nitrogens with zero attached hydrogens (tertiary/aromatic N) is 2. The van der Waals surface area contributed by atoms with E-state index in [4.69, 9.17) is 9.47 Å². The van der Waals surface area contributed by atoms with Gasteiger partial charge in [0.2, 0.25) is 5.91 Å². The van der Waals surface area contributed by atoms with Gasteiger partial charge in [-0.05, 0) is 67.3 Å². The molecule has 4 atom stereocenters. The van der Waals surface area contributed by atoms with Crippen LogP contribution in [-0.4, -0.2) is 80.0 Å². The number of piperazine rings is 1. The van der Waals surface area contributed by atoms with Gasteiger partial charge in [0, 0.05) is 48.6 Å². The van der Waals surface area contributed by atoms with Gasteiger partial charge in [0.1, 0.15) is 17.5 Å². The van der Waals surface area contributed by atoms with Crippen molar-refractivity contribution in [2.24, 2.45) is 5.92 Å². The van der Waals surface area contributed by atoms with Gasteiger partial charge in [0.15, 0.2) is 5.78 Å². The molecule has 1 aromatic heterocycles. The third-order valence-electron chi connectivity index (χ3n) is 8.01. The molecule has 0 spiro atoms. The summed E-state index contributed by atoms with van der Waals surface area (Å²) in [7, 11) is 3.18. The van der Waals surface area contributed by atoms with Crippen LogP contribution in [0, 0.1) is 5.92 Å². The number of methoxy groups -OCH3 is 2. The molecule has 3 heterocycles. The van der Waals surface area contributed by atoms with Gasteiger partial charge in [0.05, 0.1) is 26.2 Å². The number of hydrogen-bond donors (Lipinski definition) is 2. The summed E-state index contributed by atoms with van der Waals surface area (Å²) in [6.07, 6.45) is 0. The minimum atomic E-state index is -0.894. The fourth-order valence-electron chi connectivity index (χ4n) is 6.07.